The van der Waals surface area contributed by atoms with Gasteiger partial charge in [-0.05, 0) is 45.7 Å². The fraction of sp³-hybridized carbons (Fsp3) is 0.786. The first-order chi connectivity index (χ1) is 9.24. The van der Waals surface area contributed by atoms with Crippen molar-refractivity contribution >= 4 is 5.95 Å². The number of hydrogen-bond donors (Lipinski definition) is 1. The smallest absolute Gasteiger partial charge is 0.243 e. The second-order valence-corrected chi connectivity index (χ2v) is 5.21. The van der Waals surface area contributed by atoms with Gasteiger partial charge in [0.2, 0.25) is 5.95 Å². The van der Waals surface area contributed by atoms with Gasteiger partial charge in [-0.25, -0.2) is 4.98 Å². The van der Waals surface area contributed by atoms with Crippen LogP contribution in [-0.2, 0) is 12.8 Å². The molecule has 0 spiro atoms. The molecule has 0 aliphatic carbocycles. The molecule has 5 heteroatoms. The number of anilines is 1. The van der Waals surface area contributed by atoms with Gasteiger partial charge in [-0.15, -0.1) is 5.10 Å². The summed E-state index contributed by atoms with van der Waals surface area (Å²) in [4.78, 5) is 7.07. The summed E-state index contributed by atoms with van der Waals surface area (Å²) in [6, 6.07) is 0.530. The fourth-order valence-corrected chi connectivity index (χ4v) is 2.56. The zero-order valence-electron chi connectivity index (χ0n) is 12.3. The third-order valence-electron chi connectivity index (χ3n) is 3.83. The fourth-order valence-electron chi connectivity index (χ4n) is 2.56. The van der Waals surface area contributed by atoms with Gasteiger partial charge in [0.25, 0.3) is 0 Å². The molecule has 0 bridgehead atoms. The minimum absolute atomic E-state index is 0.530. The van der Waals surface area contributed by atoms with Crippen molar-refractivity contribution in [1.29, 1.82) is 0 Å². The SMILES string of the molecule is CCc1nnc(NCC(C)N2CCCC2)nc1CC. The van der Waals surface area contributed by atoms with Crippen LogP contribution in [0.3, 0.4) is 0 Å². The molecule has 1 fully saturated rings. The van der Waals surface area contributed by atoms with Crippen molar-refractivity contribution in [1.82, 2.24) is 20.1 Å². The van der Waals surface area contributed by atoms with E-state index in [4.69, 9.17) is 0 Å². The van der Waals surface area contributed by atoms with Gasteiger partial charge in [0, 0.05) is 12.6 Å². The van der Waals surface area contributed by atoms with E-state index in [-0.39, 0.29) is 0 Å². The van der Waals surface area contributed by atoms with Crippen molar-refractivity contribution in [2.45, 2.75) is 52.5 Å². The highest BCUT2D eigenvalue weighted by Gasteiger charge is 2.18. The molecule has 0 saturated carbocycles. The summed E-state index contributed by atoms with van der Waals surface area (Å²) in [6.45, 7) is 9.78. The van der Waals surface area contributed by atoms with Gasteiger partial charge in [-0.1, -0.05) is 13.8 Å². The molecular weight excluding hydrogens is 238 g/mol. The Hall–Kier alpha value is -1.23. The molecule has 0 aromatic carbocycles. The predicted molar refractivity (Wildman–Crippen MR) is 77.3 cm³/mol. The molecule has 1 aliphatic heterocycles. The quantitative estimate of drug-likeness (QED) is 0.849. The third-order valence-corrected chi connectivity index (χ3v) is 3.83. The van der Waals surface area contributed by atoms with Gasteiger partial charge in [-0.3, -0.25) is 4.90 Å². The summed E-state index contributed by atoms with van der Waals surface area (Å²) in [5.41, 5.74) is 2.08. The maximum atomic E-state index is 4.56. The molecule has 19 heavy (non-hydrogen) atoms. The van der Waals surface area contributed by atoms with E-state index >= 15 is 0 Å². The van der Waals surface area contributed by atoms with Crippen LogP contribution in [0, 0.1) is 0 Å². The molecule has 1 N–H and O–H groups in total. The molecule has 1 aromatic heterocycles. The van der Waals surface area contributed by atoms with Crippen LogP contribution in [0.5, 0.6) is 0 Å². The minimum Gasteiger partial charge on any atom is -0.351 e. The van der Waals surface area contributed by atoms with E-state index in [9.17, 15) is 0 Å². The largest absolute Gasteiger partial charge is 0.351 e. The molecule has 1 aliphatic rings. The topological polar surface area (TPSA) is 53.9 Å². The number of hydrogen-bond acceptors (Lipinski definition) is 5. The van der Waals surface area contributed by atoms with Gasteiger partial charge in [-0.2, -0.15) is 5.10 Å². The van der Waals surface area contributed by atoms with E-state index in [0.717, 1.165) is 30.8 Å². The molecule has 106 valence electrons. The Labute approximate surface area is 115 Å². The molecular formula is C14H25N5. The highest BCUT2D eigenvalue weighted by molar-refractivity contribution is 5.26. The second-order valence-electron chi connectivity index (χ2n) is 5.21. The Morgan fingerprint density at radius 2 is 1.79 bits per heavy atom. The lowest BCUT2D eigenvalue weighted by atomic mass is 10.2. The van der Waals surface area contributed by atoms with Crippen LogP contribution in [0.15, 0.2) is 0 Å². The summed E-state index contributed by atoms with van der Waals surface area (Å²) in [5.74, 6) is 0.667. The Balaban J connectivity index is 1.91. The van der Waals surface area contributed by atoms with E-state index in [1.165, 1.54) is 25.9 Å². The molecule has 2 rings (SSSR count). The predicted octanol–water partition coefficient (Wildman–Crippen LogP) is 1.89. The maximum absolute atomic E-state index is 4.56. The van der Waals surface area contributed by atoms with Crippen molar-refractivity contribution in [3.05, 3.63) is 11.4 Å². The summed E-state index contributed by atoms with van der Waals surface area (Å²) in [7, 11) is 0. The van der Waals surface area contributed by atoms with Crippen LogP contribution in [0.2, 0.25) is 0 Å². The highest BCUT2D eigenvalue weighted by atomic mass is 15.3. The minimum atomic E-state index is 0.530. The summed E-state index contributed by atoms with van der Waals surface area (Å²) in [6.07, 6.45) is 4.46. The van der Waals surface area contributed by atoms with E-state index in [0.29, 0.717) is 12.0 Å². The van der Waals surface area contributed by atoms with Crippen LogP contribution in [0.1, 0.15) is 45.0 Å². The molecule has 0 amide bonds. The van der Waals surface area contributed by atoms with Crippen LogP contribution in [0.4, 0.5) is 5.95 Å². The van der Waals surface area contributed by atoms with Gasteiger partial charge in [0.1, 0.15) is 0 Å². The molecule has 0 radical (unpaired) electrons. The standard InChI is InChI=1S/C14H25N5/c1-4-12-13(5-2)17-18-14(16-12)15-10-11(3)19-8-6-7-9-19/h11H,4-10H2,1-3H3,(H,15,16,18). The number of aryl methyl sites for hydroxylation is 2. The van der Waals surface area contributed by atoms with E-state index in [1.807, 2.05) is 0 Å². The van der Waals surface area contributed by atoms with E-state index in [1.54, 1.807) is 0 Å². The lowest BCUT2D eigenvalue weighted by Gasteiger charge is -2.23. The van der Waals surface area contributed by atoms with Crippen molar-refractivity contribution < 1.29 is 0 Å². The third kappa shape index (κ3) is 3.62. The Bertz CT molecular complexity index is 401. The average Bonchev–Trinajstić information content (AvgIpc) is 2.98. The summed E-state index contributed by atoms with van der Waals surface area (Å²) < 4.78 is 0. The van der Waals surface area contributed by atoms with Gasteiger partial charge in [0.15, 0.2) is 0 Å². The number of nitrogens with zero attached hydrogens (tertiary/aromatic N) is 4. The Morgan fingerprint density at radius 1 is 1.11 bits per heavy atom. The molecule has 1 saturated heterocycles. The van der Waals surface area contributed by atoms with Crippen LogP contribution in [-0.4, -0.2) is 45.8 Å². The average molecular weight is 263 g/mol. The summed E-state index contributed by atoms with van der Waals surface area (Å²) >= 11 is 0. The van der Waals surface area contributed by atoms with Crippen LogP contribution >= 0.6 is 0 Å². The first-order valence-corrected chi connectivity index (χ1v) is 7.45. The van der Waals surface area contributed by atoms with Crippen molar-refractivity contribution in [3.8, 4) is 0 Å². The normalized spacial score (nSPS) is 17.6. The van der Waals surface area contributed by atoms with Gasteiger partial charge < -0.3 is 5.32 Å². The second kappa shape index (κ2) is 6.80. The first kappa shape index (κ1) is 14.2. The lowest BCUT2D eigenvalue weighted by Crippen LogP contribution is -2.35. The van der Waals surface area contributed by atoms with Crippen molar-refractivity contribution in [2.75, 3.05) is 25.0 Å². The van der Waals surface area contributed by atoms with Crippen LogP contribution in [0.25, 0.3) is 0 Å². The molecule has 2 heterocycles. The molecule has 5 nitrogen and oxygen atoms in total. The summed E-state index contributed by atoms with van der Waals surface area (Å²) in [5, 5.41) is 11.7. The number of likely N-dealkylation sites (tertiary alicyclic amines) is 1. The highest BCUT2D eigenvalue weighted by Crippen LogP contribution is 2.12. The van der Waals surface area contributed by atoms with E-state index in [2.05, 4.69) is 46.2 Å². The lowest BCUT2D eigenvalue weighted by molar-refractivity contribution is 0.269. The van der Waals surface area contributed by atoms with E-state index < -0.39 is 0 Å². The Morgan fingerprint density at radius 3 is 2.42 bits per heavy atom. The molecule has 1 aromatic rings. The zero-order chi connectivity index (χ0) is 13.7. The van der Waals surface area contributed by atoms with Crippen LogP contribution < -0.4 is 5.32 Å². The monoisotopic (exact) mass is 263 g/mol. The van der Waals surface area contributed by atoms with Crippen molar-refractivity contribution in [3.63, 3.8) is 0 Å². The molecule has 1 atom stereocenters. The van der Waals surface area contributed by atoms with Gasteiger partial charge in [0.05, 0.1) is 11.4 Å². The number of nitrogens with one attached hydrogen (secondary N) is 1. The zero-order valence-corrected chi connectivity index (χ0v) is 12.3. The van der Waals surface area contributed by atoms with Crippen molar-refractivity contribution in [2.24, 2.45) is 0 Å². The molecule has 1 unspecified atom stereocenters. The van der Waals surface area contributed by atoms with Gasteiger partial charge >= 0.3 is 0 Å². The number of aromatic nitrogens is 3. The Kier molecular flexibility index (Phi) is 5.07. The number of rotatable bonds is 6. The maximum Gasteiger partial charge on any atom is 0.243 e. The first-order valence-electron chi connectivity index (χ1n) is 7.45.